The van der Waals surface area contributed by atoms with Crippen LogP contribution in [0.25, 0.3) is 10.2 Å². The second-order valence-electron chi connectivity index (χ2n) is 7.15. The topological polar surface area (TPSA) is 70.2 Å². The summed E-state index contributed by atoms with van der Waals surface area (Å²) in [4.78, 5) is 25.6. The molecular formula is C22H25N5OS. The van der Waals surface area contributed by atoms with Crippen molar-refractivity contribution in [2.24, 2.45) is 0 Å². The Bertz CT molecular complexity index is 1030. The average Bonchev–Trinajstić information content (AvgIpc) is 3.13. The van der Waals surface area contributed by atoms with Gasteiger partial charge in [0, 0.05) is 30.1 Å². The molecular weight excluding hydrogens is 382 g/mol. The van der Waals surface area contributed by atoms with Crippen LogP contribution in [0.4, 0.5) is 5.82 Å². The van der Waals surface area contributed by atoms with Crippen molar-refractivity contribution in [3.05, 3.63) is 64.8 Å². The monoisotopic (exact) mass is 407 g/mol. The number of hydrogen-bond acceptors (Lipinski definition) is 6. The van der Waals surface area contributed by atoms with E-state index < -0.39 is 0 Å². The predicted octanol–water partition coefficient (Wildman–Crippen LogP) is 3.52. The molecule has 1 atom stereocenters. The quantitative estimate of drug-likeness (QED) is 0.612. The van der Waals surface area contributed by atoms with Crippen LogP contribution in [0.1, 0.15) is 29.0 Å². The zero-order chi connectivity index (χ0) is 20.2. The molecule has 1 aliphatic rings. The van der Waals surface area contributed by atoms with Gasteiger partial charge in [0.15, 0.2) is 0 Å². The van der Waals surface area contributed by atoms with Crippen LogP contribution in [0.5, 0.6) is 0 Å². The van der Waals surface area contributed by atoms with Crippen molar-refractivity contribution in [3.63, 3.8) is 0 Å². The number of nitrogens with one attached hydrogen (secondary N) is 2. The van der Waals surface area contributed by atoms with E-state index in [4.69, 9.17) is 0 Å². The first-order valence-corrected chi connectivity index (χ1v) is 10.7. The Hall–Kier alpha value is -2.77. The van der Waals surface area contributed by atoms with Gasteiger partial charge in [-0.3, -0.25) is 4.79 Å². The van der Waals surface area contributed by atoms with Gasteiger partial charge in [0.1, 0.15) is 17.0 Å². The van der Waals surface area contributed by atoms with Gasteiger partial charge in [-0.2, -0.15) is 0 Å². The third-order valence-corrected chi connectivity index (χ3v) is 6.31. The van der Waals surface area contributed by atoms with Gasteiger partial charge < -0.3 is 15.5 Å². The molecule has 0 bridgehead atoms. The Kier molecular flexibility index (Phi) is 5.87. The number of likely N-dealkylation sites (N-methyl/N-ethyl adjacent to an activating group) is 1. The minimum atomic E-state index is 0.0606. The number of rotatable bonds is 6. The van der Waals surface area contributed by atoms with Crippen molar-refractivity contribution in [2.75, 3.05) is 25.5 Å². The van der Waals surface area contributed by atoms with Crippen molar-refractivity contribution < 1.29 is 4.79 Å². The number of anilines is 1. The molecule has 2 N–H and O–H groups in total. The van der Waals surface area contributed by atoms with Crippen LogP contribution in [-0.4, -0.2) is 40.9 Å². The van der Waals surface area contributed by atoms with Crippen LogP contribution in [-0.2, 0) is 17.8 Å². The maximum atomic E-state index is 12.4. The highest BCUT2D eigenvalue weighted by Gasteiger charge is 2.25. The molecule has 3 aromatic rings. The fourth-order valence-electron chi connectivity index (χ4n) is 3.64. The lowest BCUT2D eigenvalue weighted by molar-refractivity contribution is -0.126. The summed E-state index contributed by atoms with van der Waals surface area (Å²) >= 11 is 1.66. The van der Waals surface area contributed by atoms with Crippen molar-refractivity contribution in [3.8, 4) is 0 Å². The minimum absolute atomic E-state index is 0.0606. The molecule has 1 aromatic carbocycles. The summed E-state index contributed by atoms with van der Waals surface area (Å²) in [6.07, 6.45) is 5.96. The van der Waals surface area contributed by atoms with Crippen LogP contribution < -0.4 is 10.6 Å². The first kappa shape index (κ1) is 19.5. The number of thiophene rings is 1. The maximum absolute atomic E-state index is 12.4. The van der Waals surface area contributed by atoms with E-state index >= 15 is 0 Å². The number of carbonyl (C=O) groups is 1. The van der Waals surface area contributed by atoms with Gasteiger partial charge in [0.05, 0.1) is 11.9 Å². The number of aromatic nitrogens is 2. The van der Waals surface area contributed by atoms with Gasteiger partial charge in [-0.25, -0.2) is 9.97 Å². The second kappa shape index (κ2) is 8.71. The number of carbonyl (C=O) groups excluding carboxylic acids is 1. The van der Waals surface area contributed by atoms with Crippen molar-refractivity contribution in [1.29, 1.82) is 0 Å². The highest BCUT2D eigenvalue weighted by Crippen LogP contribution is 2.38. The lowest BCUT2D eigenvalue weighted by Gasteiger charge is -2.26. The Morgan fingerprint density at radius 3 is 2.93 bits per heavy atom. The number of hydrogen-bond donors (Lipinski definition) is 2. The van der Waals surface area contributed by atoms with Crippen LogP contribution in [0.2, 0.25) is 0 Å². The molecule has 6 nitrogen and oxygen atoms in total. The number of nitrogens with zero attached hydrogens (tertiary/aromatic N) is 3. The third kappa shape index (κ3) is 4.16. The van der Waals surface area contributed by atoms with E-state index in [-0.39, 0.29) is 11.9 Å². The van der Waals surface area contributed by atoms with Crippen molar-refractivity contribution in [1.82, 2.24) is 20.2 Å². The van der Waals surface area contributed by atoms with Gasteiger partial charge >= 0.3 is 0 Å². The Balaban J connectivity index is 1.59. The zero-order valence-corrected chi connectivity index (χ0v) is 17.5. The molecule has 0 radical (unpaired) electrons. The number of benzene rings is 1. The summed E-state index contributed by atoms with van der Waals surface area (Å²) in [5.41, 5.74) is 2.49. The zero-order valence-electron chi connectivity index (χ0n) is 16.7. The first-order chi connectivity index (χ1) is 14.2. The summed E-state index contributed by atoms with van der Waals surface area (Å²) < 4.78 is 0. The fraction of sp³-hybridized carbons (Fsp3) is 0.318. The minimum Gasteiger partial charge on any atom is -0.363 e. The fourth-order valence-corrected chi connectivity index (χ4v) is 4.84. The summed E-state index contributed by atoms with van der Waals surface area (Å²) in [5, 5.41) is 7.68. The molecule has 0 saturated carbocycles. The SMILES string of the molecule is CNC/C=C/C(=O)N1CCc2c(sc3ncnc(N[C@H](C)c4ccccc4)c23)C1. The van der Waals surface area contributed by atoms with E-state index in [1.54, 1.807) is 23.7 Å². The molecule has 150 valence electrons. The van der Waals surface area contributed by atoms with Gasteiger partial charge in [0.2, 0.25) is 5.91 Å². The highest BCUT2D eigenvalue weighted by molar-refractivity contribution is 7.19. The van der Waals surface area contributed by atoms with Crippen LogP contribution >= 0.6 is 11.3 Å². The molecule has 7 heteroatoms. The third-order valence-electron chi connectivity index (χ3n) is 5.18. The Labute approximate surface area is 174 Å². The smallest absolute Gasteiger partial charge is 0.246 e. The van der Waals surface area contributed by atoms with Gasteiger partial charge in [-0.05, 0) is 31.5 Å². The molecule has 0 saturated heterocycles. The number of fused-ring (bicyclic) bond motifs is 3. The van der Waals surface area contributed by atoms with Gasteiger partial charge in [-0.15, -0.1) is 11.3 Å². The summed E-state index contributed by atoms with van der Waals surface area (Å²) in [6, 6.07) is 10.5. The maximum Gasteiger partial charge on any atom is 0.246 e. The first-order valence-electron chi connectivity index (χ1n) is 9.84. The largest absolute Gasteiger partial charge is 0.363 e. The molecule has 4 rings (SSSR count). The van der Waals surface area contributed by atoms with Crippen molar-refractivity contribution in [2.45, 2.75) is 25.9 Å². The standard InChI is InChI=1S/C22H25N5OS/c1-15(16-7-4-3-5-8-16)26-21-20-17-10-12-27(19(28)9-6-11-23-2)13-18(17)29-22(20)25-14-24-21/h3-9,14-15,23H,10-13H2,1-2H3,(H,24,25,26)/b9-6+/t15-/m1/s1. The van der Waals surface area contributed by atoms with E-state index in [1.807, 2.05) is 36.2 Å². The number of amides is 1. The second-order valence-corrected chi connectivity index (χ2v) is 8.24. The highest BCUT2D eigenvalue weighted by atomic mass is 32.1. The molecule has 0 aliphatic carbocycles. The molecule has 29 heavy (non-hydrogen) atoms. The van der Waals surface area contributed by atoms with Gasteiger partial charge in [-0.1, -0.05) is 36.4 Å². The van der Waals surface area contributed by atoms with Gasteiger partial charge in [0.25, 0.3) is 0 Å². The van der Waals surface area contributed by atoms with E-state index in [1.165, 1.54) is 16.0 Å². The molecule has 0 fully saturated rings. The Morgan fingerprint density at radius 1 is 1.31 bits per heavy atom. The van der Waals surface area contributed by atoms with Crippen LogP contribution in [0.15, 0.2) is 48.8 Å². The molecule has 2 aromatic heterocycles. The van der Waals surface area contributed by atoms with Crippen molar-refractivity contribution >= 4 is 33.3 Å². The Morgan fingerprint density at radius 2 is 2.14 bits per heavy atom. The van der Waals surface area contributed by atoms with Crippen LogP contribution in [0, 0.1) is 0 Å². The van der Waals surface area contributed by atoms with E-state index in [2.05, 4.69) is 39.7 Å². The molecule has 1 amide bonds. The molecule has 0 spiro atoms. The molecule has 0 unspecified atom stereocenters. The van der Waals surface area contributed by atoms with E-state index in [0.717, 1.165) is 22.5 Å². The predicted molar refractivity (Wildman–Crippen MR) is 118 cm³/mol. The summed E-state index contributed by atoms with van der Waals surface area (Å²) in [5.74, 6) is 0.933. The average molecular weight is 408 g/mol. The van der Waals surface area contributed by atoms with E-state index in [9.17, 15) is 4.79 Å². The van der Waals surface area contributed by atoms with E-state index in [0.29, 0.717) is 19.6 Å². The molecule has 1 aliphatic heterocycles. The normalized spacial score (nSPS) is 14.9. The van der Waals surface area contributed by atoms with Crippen LogP contribution in [0.3, 0.4) is 0 Å². The lowest BCUT2D eigenvalue weighted by Crippen LogP contribution is -2.34. The lowest BCUT2D eigenvalue weighted by atomic mass is 10.0. The summed E-state index contributed by atoms with van der Waals surface area (Å²) in [7, 11) is 1.87. The summed E-state index contributed by atoms with van der Waals surface area (Å²) in [6.45, 7) is 4.18. The molecule has 3 heterocycles.